The third kappa shape index (κ3) is 5.35. The van der Waals surface area contributed by atoms with Crippen molar-refractivity contribution in [3.05, 3.63) is 30.2 Å². The number of rotatable bonds is 7. The Morgan fingerprint density at radius 3 is 3.16 bits per heavy atom. The van der Waals surface area contributed by atoms with Gasteiger partial charge >= 0.3 is 6.03 Å². The minimum Gasteiger partial charge on any atom is -0.337 e. The molecule has 2 aromatic heterocycles. The van der Waals surface area contributed by atoms with Crippen LogP contribution in [0.4, 0.5) is 10.6 Å². The van der Waals surface area contributed by atoms with Gasteiger partial charge in [-0.25, -0.2) is 14.5 Å². The number of urea groups is 1. The minimum absolute atomic E-state index is 0.225. The van der Waals surface area contributed by atoms with Crippen molar-refractivity contribution in [1.29, 1.82) is 0 Å². The number of carbonyl (C=O) groups is 1. The van der Waals surface area contributed by atoms with Gasteiger partial charge in [-0.1, -0.05) is 23.9 Å². The van der Waals surface area contributed by atoms with Gasteiger partial charge in [-0.3, -0.25) is 10.4 Å². The smallest absolute Gasteiger partial charge is 0.320 e. The molecule has 0 bridgehead atoms. The van der Waals surface area contributed by atoms with Gasteiger partial charge < -0.3 is 5.32 Å². The SMILES string of the molecule is Cc1nc(SCCNC(=O)Nc2ccnn2C[C@H]2CC=CCC2)n[nH]1. The van der Waals surface area contributed by atoms with Crippen LogP contribution in [-0.2, 0) is 6.54 Å². The number of H-pyrrole nitrogens is 1. The van der Waals surface area contributed by atoms with E-state index in [0.29, 0.717) is 23.4 Å². The molecule has 0 radical (unpaired) electrons. The third-order valence-corrected chi connectivity index (χ3v) is 4.81. The predicted octanol–water partition coefficient (Wildman–Crippen LogP) is 2.58. The third-order valence-electron chi connectivity index (χ3n) is 3.96. The van der Waals surface area contributed by atoms with Crippen LogP contribution in [0.3, 0.4) is 0 Å². The molecule has 2 heterocycles. The van der Waals surface area contributed by atoms with Crippen LogP contribution in [0.2, 0.25) is 0 Å². The maximum Gasteiger partial charge on any atom is 0.320 e. The second kappa shape index (κ2) is 8.70. The molecule has 134 valence electrons. The predicted molar refractivity (Wildman–Crippen MR) is 97.6 cm³/mol. The Balaban J connectivity index is 1.40. The van der Waals surface area contributed by atoms with Crippen LogP contribution in [0.5, 0.6) is 0 Å². The normalized spacial score (nSPS) is 16.8. The Morgan fingerprint density at radius 1 is 1.48 bits per heavy atom. The Bertz CT molecular complexity index is 724. The molecule has 8 nitrogen and oxygen atoms in total. The summed E-state index contributed by atoms with van der Waals surface area (Å²) in [5.74, 6) is 2.80. The number of allylic oxidation sites excluding steroid dienone is 2. The first-order valence-corrected chi connectivity index (χ1v) is 9.43. The summed E-state index contributed by atoms with van der Waals surface area (Å²) in [7, 11) is 0. The van der Waals surface area contributed by atoms with Gasteiger partial charge in [0.2, 0.25) is 5.16 Å². The number of nitrogens with one attached hydrogen (secondary N) is 3. The van der Waals surface area contributed by atoms with Gasteiger partial charge in [0.25, 0.3) is 0 Å². The number of nitrogens with zero attached hydrogens (tertiary/aromatic N) is 4. The molecule has 1 atom stereocenters. The molecule has 0 saturated heterocycles. The van der Waals surface area contributed by atoms with E-state index in [-0.39, 0.29) is 6.03 Å². The molecule has 2 aromatic rings. The summed E-state index contributed by atoms with van der Waals surface area (Å²) in [4.78, 5) is 16.3. The number of aromatic amines is 1. The van der Waals surface area contributed by atoms with Crippen molar-refractivity contribution in [2.75, 3.05) is 17.6 Å². The fourth-order valence-corrected chi connectivity index (χ4v) is 3.40. The van der Waals surface area contributed by atoms with Crippen LogP contribution in [0.25, 0.3) is 0 Å². The van der Waals surface area contributed by atoms with E-state index in [1.54, 1.807) is 6.20 Å². The Kier molecular flexibility index (Phi) is 6.10. The summed E-state index contributed by atoms with van der Waals surface area (Å²) in [6, 6.07) is 1.60. The number of hydrogen-bond acceptors (Lipinski definition) is 5. The fourth-order valence-electron chi connectivity index (χ4n) is 2.71. The molecular weight excluding hydrogens is 338 g/mol. The Labute approximate surface area is 150 Å². The number of thioether (sulfide) groups is 1. The molecule has 1 aliphatic rings. The maximum atomic E-state index is 12.0. The molecule has 9 heteroatoms. The van der Waals surface area contributed by atoms with Crippen molar-refractivity contribution in [3.8, 4) is 0 Å². The maximum absolute atomic E-state index is 12.0. The quantitative estimate of drug-likeness (QED) is 0.400. The summed E-state index contributed by atoms with van der Waals surface area (Å²) in [5, 5.41) is 17.6. The lowest BCUT2D eigenvalue weighted by atomic mass is 9.94. The molecule has 0 aromatic carbocycles. The number of anilines is 1. The van der Waals surface area contributed by atoms with Gasteiger partial charge in [0.05, 0.1) is 6.20 Å². The molecule has 25 heavy (non-hydrogen) atoms. The molecule has 0 fully saturated rings. The molecule has 0 unspecified atom stereocenters. The van der Waals surface area contributed by atoms with E-state index in [9.17, 15) is 4.79 Å². The van der Waals surface area contributed by atoms with Crippen LogP contribution < -0.4 is 10.6 Å². The lowest BCUT2D eigenvalue weighted by molar-refractivity contribution is 0.252. The van der Waals surface area contributed by atoms with Gasteiger partial charge in [-0.15, -0.1) is 5.10 Å². The molecular formula is C16H23N7OS. The highest BCUT2D eigenvalue weighted by atomic mass is 32.2. The second-order valence-corrected chi connectivity index (χ2v) is 7.04. The molecule has 3 N–H and O–H groups in total. The van der Waals surface area contributed by atoms with E-state index in [1.807, 2.05) is 17.7 Å². The van der Waals surface area contributed by atoms with E-state index < -0.39 is 0 Å². The number of aryl methyl sites for hydroxylation is 1. The van der Waals surface area contributed by atoms with Crippen molar-refractivity contribution in [2.24, 2.45) is 5.92 Å². The van der Waals surface area contributed by atoms with Crippen LogP contribution >= 0.6 is 11.8 Å². The van der Waals surface area contributed by atoms with Gasteiger partial charge in [0.1, 0.15) is 11.6 Å². The van der Waals surface area contributed by atoms with Crippen LogP contribution in [0, 0.1) is 12.8 Å². The first-order chi connectivity index (χ1) is 12.2. The van der Waals surface area contributed by atoms with E-state index in [1.165, 1.54) is 18.2 Å². The first-order valence-electron chi connectivity index (χ1n) is 8.44. The van der Waals surface area contributed by atoms with Gasteiger partial charge in [-0.2, -0.15) is 5.10 Å². The van der Waals surface area contributed by atoms with Gasteiger partial charge in [-0.05, 0) is 32.1 Å². The second-order valence-electron chi connectivity index (χ2n) is 5.98. The van der Waals surface area contributed by atoms with E-state index in [2.05, 4.69) is 43.1 Å². The Morgan fingerprint density at radius 2 is 2.40 bits per heavy atom. The number of carbonyl (C=O) groups excluding carboxylic acids is 1. The molecule has 2 amide bonds. The molecule has 0 saturated carbocycles. The monoisotopic (exact) mass is 361 g/mol. The average molecular weight is 361 g/mol. The topological polar surface area (TPSA) is 101 Å². The van der Waals surface area contributed by atoms with Crippen molar-refractivity contribution in [2.45, 2.75) is 37.9 Å². The summed E-state index contributed by atoms with van der Waals surface area (Å²) < 4.78 is 1.87. The highest BCUT2D eigenvalue weighted by Gasteiger charge is 2.14. The summed E-state index contributed by atoms with van der Waals surface area (Å²) in [5.41, 5.74) is 0. The summed E-state index contributed by atoms with van der Waals surface area (Å²) in [6.07, 6.45) is 9.53. The molecule has 3 rings (SSSR count). The highest BCUT2D eigenvalue weighted by molar-refractivity contribution is 7.99. The van der Waals surface area contributed by atoms with Crippen molar-refractivity contribution < 1.29 is 4.79 Å². The zero-order valence-electron chi connectivity index (χ0n) is 14.2. The van der Waals surface area contributed by atoms with Gasteiger partial charge in [0.15, 0.2) is 0 Å². The highest BCUT2D eigenvalue weighted by Crippen LogP contribution is 2.21. The number of hydrogen-bond donors (Lipinski definition) is 3. The average Bonchev–Trinajstić information content (AvgIpc) is 3.22. The fraction of sp³-hybridized carbons (Fsp3) is 0.500. The Hall–Kier alpha value is -2.29. The summed E-state index contributed by atoms with van der Waals surface area (Å²) >= 11 is 1.50. The van der Waals surface area contributed by atoms with E-state index in [4.69, 9.17) is 0 Å². The van der Waals surface area contributed by atoms with Crippen molar-refractivity contribution in [1.82, 2.24) is 30.3 Å². The summed E-state index contributed by atoms with van der Waals surface area (Å²) in [6.45, 7) is 3.22. The standard InChI is InChI=1S/C16H23N7OS/c1-12-19-16(22-21-12)25-10-9-17-15(24)20-14-7-8-18-23(14)11-13-5-3-2-4-6-13/h2-3,7-8,13H,4-6,9-11H2,1H3,(H2,17,20,24)(H,19,21,22)/t13-/m0/s1. The molecule has 0 aliphatic heterocycles. The van der Waals surface area contributed by atoms with E-state index >= 15 is 0 Å². The van der Waals surface area contributed by atoms with E-state index in [0.717, 1.165) is 31.0 Å². The van der Waals surface area contributed by atoms with Crippen LogP contribution in [0.1, 0.15) is 25.1 Å². The van der Waals surface area contributed by atoms with Crippen LogP contribution in [0.15, 0.2) is 29.6 Å². The lowest BCUT2D eigenvalue weighted by Gasteiger charge is -2.19. The first kappa shape index (κ1) is 17.5. The van der Waals surface area contributed by atoms with Gasteiger partial charge in [0, 0.05) is 24.9 Å². The zero-order valence-corrected chi connectivity index (χ0v) is 15.1. The lowest BCUT2D eigenvalue weighted by Crippen LogP contribution is -2.31. The minimum atomic E-state index is -0.225. The molecule has 1 aliphatic carbocycles. The van der Waals surface area contributed by atoms with Crippen molar-refractivity contribution in [3.63, 3.8) is 0 Å². The van der Waals surface area contributed by atoms with Crippen LogP contribution in [-0.4, -0.2) is 43.3 Å². The van der Waals surface area contributed by atoms with Crippen molar-refractivity contribution >= 4 is 23.6 Å². The number of aromatic nitrogens is 5. The largest absolute Gasteiger partial charge is 0.337 e. The zero-order chi connectivity index (χ0) is 17.5. The molecule has 0 spiro atoms. The number of amides is 2.